The highest BCUT2D eigenvalue weighted by atomic mass is 16.5. The van der Waals surface area contributed by atoms with Crippen LogP contribution < -0.4 is 9.47 Å². The molecule has 2 heterocycles. The quantitative estimate of drug-likeness (QED) is 0.376. The van der Waals surface area contributed by atoms with E-state index in [1.807, 2.05) is 0 Å². The van der Waals surface area contributed by atoms with E-state index in [1.165, 1.54) is 39.8 Å². The van der Waals surface area contributed by atoms with Gasteiger partial charge in [-0.15, -0.1) is 0 Å². The summed E-state index contributed by atoms with van der Waals surface area (Å²) in [6.45, 7) is 8.95. The summed E-state index contributed by atoms with van der Waals surface area (Å²) in [5.41, 5.74) is 10.1. The lowest BCUT2D eigenvalue weighted by Gasteiger charge is -2.35. The molecule has 200 valence electrons. The van der Waals surface area contributed by atoms with Crippen LogP contribution in [-0.2, 0) is 19.3 Å². The highest BCUT2D eigenvalue weighted by molar-refractivity contribution is 5.49. The number of methoxy groups -OCH3 is 2. The normalized spacial score (nSPS) is 19.3. The van der Waals surface area contributed by atoms with Crippen LogP contribution in [0.25, 0.3) is 0 Å². The van der Waals surface area contributed by atoms with E-state index >= 15 is 0 Å². The second kappa shape index (κ2) is 12.1. The molecule has 2 atom stereocenters. The molecular formula is C33H46N2O2. The molecule has 2 aliphatic heterocycles. The van der Waals surface area contributed by atoms with E-state index in [2.05, 4.69) is 99.3 Å². The van der Waals surface area contributed by atoms with Crippen molar-refractivity contribution in [2.24, 2.45) is 0 Å². The van der Waals surface area contributed by atoms with Gasteiger partial charge < -0.3 is 9.47 Å². The molecule has 2 unspecified atom stereocenters. The SMILES string of the molecule is CCC1c2cc(OC)c(OC)cc2CCN1C.Cc1cc2c(cc1C)C(Cc1ccccc1)N(C)CC2.[HH]. The number of benzene rings is 3. The van der Waals surface area contributed by atoms with Gasteiger partial charge in [0.05, 0.1) is 14.2 Å². The average Bonchev–Trinajstić information content (AvgIpc) is 2.91. The maximum absolute atomic E-state index is 5.39. The molecule has 0 amide bonds. The fourth-order valence-electron chi connectivity index (χ4n) is 5.90. The standard InChI is InChI=1S/C19H23N.C14H21NO2.H2/c1-14-11-17-9-10-20(3)19(18(17)12-15(14)2)13-16-7-5-4-6-8-16;1-5-12-11-9-14(17-4)13(16-3)8-10(11)6-7-15(12)2;/h4-8,11-12,19H,9-10,13H2,1-3H3;8-9,12H,5-7H2,1-4H3;1H. The van der Waals surface area contributed by atoms with Gasteiger partial charge in [-0.25, -0.2) is 0 Å². The zero-order chi connectivity index (χ0) is 26.5. The number of rotatable bonds is 5. The second-order valence-corrected chi connectivity index (χ2v) is 10.6. The molecule has 0 N–H and O–H groups in total. The monoisotopic (exact) mass is 502 g/mol. The van der Waals surface area contributed by atoms with Crippen molar-refractivity contribution in [2.75, 3.05) is 41.4 Å². The summed E-state index contributed by atoms with van der Waals surface area (Å²) in [6, 6.07) is 20.9. The van der Waals surface area contributed by atoms with E-state index in [1.54, 1.807) is 19.8 Å². The molecule has 0 saturated carbocycles. The van der Waals surface area contributed by atoms with Crippen LogP contribution >= 0.6 is 0 Å². The van der Waals surface area contributed by atoms with Gasteiger partial charge in [0.1, 0.15) is 0 Å². The topological polar surface area (TPSA) is 24.9 Å². The van der Waals surface area contributed by atoms with Crippen LogP contribution in [-0.4, -0.2) is 51.2 Å². The summed E-state index contributed by atoms with van der Waals surface area (Å²) < 4.78 is 10.7. The van der Waals surface area contributed by atoms with Gasteiger partial charge in [-0.05, 0) is 105 Å². The van der Waals surface area contributed by atoms with E-state index in [-0.39, 0.29) is 1.43 Å². The Bertz CT molecular complexity index is 1200. The molecule has 0 saturated heterocycles. The summed E-state index contributed by atoms with van der Waals surface area (Å²) in [5.74, 6) is 1.67. The maximum Gasteiger partial charge on any atom is 0.161 e. The van der Waals surface area contributed by atoms with Crippen molar-refractivity contribution in [2.45, 2.75) is 58.5 Å². The highest BCUT2D eigenvalue weighted by Crippen LogP contribution is 2.38. The molecule has 0 bridgehead atoms. The van der Waals surface area contributed by atoms with Gasteiger partial charge in [0.2, 0.25) is 0 Å². The average molecular weight is 503 g/mol. The van der Waals surface area contributed by atoms with Gasteiger partial charge in [0.15, 0.2) is 11.5 Å². The molecule has 4 nitrogen and oxygen atoms in total. The minimum absolute atomic E-state index is 0. The Hall–Kier alpha value is -2.82. The van der Waals surface area contributed by atoms with Crippen LogP contribution in [0.1, 0.15) is 65.8 Å². The summed E-state index contributed by atoms with van der Waals surface area (Å²) in [4.78, 5) is 4.92. The Balaban J connectivity index is 0.000000208. The van der Waals surface area contributed by atoms with Gasteiger partial charge in [-0.2, -0.15) is 0 Å². The number of nitrogens with zero attached hydrogens (tertiary/aromatic N) is 2. The summed E-state index contributed by atoms with van der Waals surface area (Å²) >= 11 is 0. The highest BCUT2D eigenvalue weighted by Gasteiger charge is 2.26. The van der Waals surface area contributed by atoms with Crippen molar-refractivity contribution >= 4 is 0 Å². The van der Waals surface area contributed by atoms with E-state index in [0.29, 0.717) is 12.1 Å². The van der Waals surface area contributed by atoms with E-state index < -0.39 is 0 Å². The lowest BCUT2D eigenvalue weighted by Crippen LogP contribution is -2.33. The zero-order valence-corrected chi connectivity index (χ0v) is 23.8. The van der Waals surface area contributed by atoms with Gasteiger partial charge in [0, 0.05) is 26.6 Å². The van der Waals surface area contributed by atoms with E-state index in [0.717, 1.165) is 43.9 Å². The van der Waals surface area contributed by atoms with Crippen molar-refractivity contribution < 1.29 is 10.9 Å². The van der Waals surface area contributed by atoms with Crippen molar-refractivity contribution in [3.63, 3.8) is 0 Å². The number of likely N-dealkylation sites (N-methyl/N-ethyl adjacent to an activating group) is 2. The predicted molar refractivity (Wildman–Crippen MR) is 156 cm³/mol. The largest absolute Gasteiger partial charge is 0.493 e. The number of ether oxygens (including phenoxy) is 2. The molecule has 0 radical (unpaired) electrons. The Morgan fingerprint density at radius 2 is 1.30 bits per heavy atom. The van der Waals surface area contributed by atoms with Crippen molar-refractivity contribution in [1.82, 2.24) is 9.80 Å². The lowest BCUT2D eigenvalue weighted by atomic mass is 9.86. The Labute approximate surface area is 225 Å². The fourth-order valence-corrected chi connectivity index (χ4v) is 5.90. The third-order valence-electron chi connectivity index (χ3n) is 8.31. The Morgan fingerprint density at radius 1 is 0.757 bits per heavy atom. The zero-order valence-electron chi connectivity index (χ0n) is 23.8. The number of hydrogen-bond donors (Lipinski definition) is 0. The van der Waals surface area contributed by atoms with Gasteiger partial charge in [-0.1, -0.05) is 49.4 Å². The van der Waals surface area contributed by atoms with E-state index in [9.17, 15) is 0 Å². The van der Waals surface area contributed by atoms with Crippen LogP contribution in [0.5, 0.6) is 11.5 Å². The molecule has 0 aromatic heterocycles. The molecule has 3 aromatic rings. The van der Waals surface area contributed by atoms with Gasteiger partial charge >= 0.3 is 0 Å². The molecule has 0 spiro atoms. The fraction of sp³-hybridized carbons (Fsp3) is 0.455. The van der Waals surface area contributed by atoms with Gasteiger partial charge in [-0.3, -0.25) is 9.80 Å². The molecule has 3 aromatic carbocycles. The predicted octanol–water partition coefficient (Wildman–Crippen LogP) is 6.96. The Morgan fingerprint density at radius 3 is 1.92 bits per heavy atom. The molecule has 37 heavy (non-hydrogen) atoms. The first-order valence-electron chi connectivity index (χ1n) is 13.6. The van der Waals surface area contributed by atoms with Crippen molar-refractivity contribution in [3.05, 3.63) is 93.5 Å². The molecular weight excluding hydrogens is 456 g/mol. The van der Waals surface area contributed by atoms with E-state index in [4.69, 9.17) is 9.47 Å². The summed E-state index contributed by atoms with van der Waals surface area (Å²) in [6.07, 6.45) is 4.49. The molecule has 0 aliphatic carbocycles. The maximum atomic E-state index is 5.39. The minimum atomic E-state index is 0. The number of fused-ring (bicyclic) bond motifs is 2. The third-order valence-corrected chi connectivity index (χ3v) is 8.31. The summed E-state index contributed by atoms with van der Waals surface area (Å²) in [7, 11) is 7.83. The van der Waals surface area contributed by atoms with Crippen LogP contribution in [0.2, 0.25) is 0 Å². The number of hydrogen-bond acceptors (Lipinski definition) is 4. The van der Waals surface area contributed by atoms with Gasteiger partial charge in [0.25, 0.3) is 0 Å². The molecule has 0 fully saturated rings. The van der Waals surface area contributed by atoms with Crippen molar-refractivity contribution in [1.29, 1.82) is 0 Å². The first-order valence-corrected chi connectivity index (χ1v) is 13.6. The van der Waals surface area contributed by atoms with Crippen LogP contribution in [0.4, 0.5) is 0 Å². The lowest BCUT2D eigenvalue weighted by molar-refractivity contribution is 0.223. The summed E-state index contributed by atoms with van der Waals surface area (Å²) in [5, 5.41) is 0. The molecule has 5 rings (SSSR count). The van der Waals surface area contributed by atoms with Crippen LogP contribution in [0.15, 0.2) is 54.6 Å². The number of aryl methyl sites for hydroxylation is 2. The third kappa shape index (κ3) is 6.02. The second-order valence-electron chi connectivity index (χ2n) is 10.6. The molecule has 4 heteroatoms. The van der Waals surface area contributed by atoms with Crippen LogP contribution in [0.3, 0.4) is 0 Å². The van der Waals surface area contributed by atoms with Crippen LogP contribution in [0, 0.1) is 13.8 Å². The Kier molecular flexibility index (Phi) is 8.94. The first kappa shape index (κ1) is 27.2. The minimum Gasteiger partial charge on any atom is -0.493 e. The smallest absolute Gasteiger partial charge is 0.161 e. The molecule has 2 aliphatic rings. The van der Waals surface area contributed by atoms with Crippen molar-refractivity contribution in [3.8, 4) is 11.5 Å². The first-order chi connectivity index (χ1) is 17.9.